The fraction of sp³-hybridized carbons (Fsp3) is 0.417. The van der Waals surface area contributed by atoms with Gasteiger partial charge in [0.05, 0.1) is 0 Å². The Balaban J connectivity index is 1.87. The molecular formula is C12H14N4. The molecule has 1 aliphatic carbocycles. The Kier molecular flexibility index (Phi) is 2.40. The highest BCUT2D eigenvalue weighted by atomic mass is 15.2. The summed E-state index contributed by atoms with van der Waals surface area (Å²) in [5, 5.41) is 7.31. The zero-order valence-corrected chi connectivity index (χ0v) is 9.06. The largest absolute Gasteiger partial charge is 0.264 e. The highest BCUT2D eigenvalue weighted by molar-refractivity contribution is 5.52. The van der Waals surface area contributed by atoms with Gasteiger partial charge in [0.25, 0.3) is 0 Å². The average molecular weight is 214 g/mol. The van der Waals surface area contributed by atoms with Crippen LogP contribution < -0.4 is 0 Å². The summed E-state index contributed by atoms with van der Waals surface area (Å²) < 4.78 is 0. The van der Waals surface area contributed by atoms with Crippen molar-refractivity contribution in [3.8, 4) is 11.4 Å². The van der Waals surface area contributed by atoms with E-state index in [0.717, 1.165) is 17.2 Å². The Hall–Kier alpha value is -1.71. The number of H-pyrrole nitrogens is 1. The van der Waals surface area contributed by atoms with Gasteiger partial charge in [0, 0.05) is 23.9 Å². The molecular weight excluding hydrogens is 200 g/mol. The van der Waals surface area contributed by atoms with Gasteiger partial charge in [-0.3, -0.25) is 10.1 Å². The van der Waals surface area contributed by atoms with Crippen LogP contribution in [-0.4, -0.2) is 20.2 Å². The second-order valence-electron chi connectivity index (χ2n) is 4.27. The molecule has 2 aromatic heterocycles. The molecule has 3 rings (SSSR count). The first-order valence-electron chi connectivity index (χ1n) is 5.76. The third-order valence-corrected chi connectivity index (χ3v) is 3.16. The fourth-order valence-corrected chi connectivity index (χ4v) is 2.28. The molecule has 1 saturated carbocycles. The number of nitrogens with one attached hydrogen (secondary N) is 1. The predicted molar refractivity (Wildman–Crippen MR) is 60.8 cm³/mol. The molecule has 1 N–H and O–H groups in total. The SMILES string of the molecule is c1cncc(-c2n[nH]c(C3CCCC3)n2)c1. The van der Waals surface area contributed by atoms with Crippen LogP contribution in [0, 0.1) is 0 Å². The monoisotopic (exact) mass is 214 g/mol. The molecule has 2 aromatic rings. The normalized spacial score (nSPS) is 16.8. The topological polar surface area (TPSA) is 54.5 Å². The van der Waals surface area contributed by atoms with E-state index in [4.69, 9.17) is 0 Å². The molecule has 16 heavy (non-hydrogen) atoms. The van der Waals surface area contributed by atoms with E-state index in [2.05, 4.69) is 20.2 Å². The third kappa shape index (κ3) is 1.71. The van der Waals surface area contributed by atoms with Crippen molar-refractivity contribution in [3.05, 3.63) is 30.4 Å². The molecule has 82 valence electrons. The third-order valence-electron chi connectivity index (χ3n) is 3.16. The Bertz CT molecular complexity index is 457. The maximum absolute atomic E-state index is 4.56. The number of pyridine rings is 1. The molecule has 1 fully saturated rings. The van der Waals surface area contributed by atoms with E-state index in [9.17, 15) is 0 Å². The number of nitrogens with zero attached hydrogens (tertiary/aromatic N) is 3. The van der Waals surface area contributed by atoms with Crippen LogP contribution in [0.5, 0.6) is 0 Å². The van der Waals surface area contributed by atoms with Crippen molar-refractivity contribution in [2.45, 2.75) is 31.6 Å². The van der Waals surface area contributed by atoms with Crippen LogP contribution >= 0.6 is 0 Å². The molecule has 0 atom stereocenters. The van der Waals surface area contributed by atoms with Gasteiger partial charge in [0.2, 0.25) is 0 Å². The Labute approximate surface area is 94.1 Å². The molecule has 4 heteroatoms. The first-order valence-corrected chi connectivity index (χ1v) is 5.76. The van der Waals surface area contributed by atoms with E-state index < -0.39 is 0 Å². The summed E-state index contributed by atoms with van der Waals surface area (Å²) in [6, 6.07) is 3.88. The van der Waals surface area contributed by atoms with E-state index in [1.165, 1.54) is 25.7 Å². The van der Waals surface area contributed by atoms with Crippen molar-refractivity contribution in [2.75, 3.05) is 0 Å². The molecule has 0 saturated heterocycles. The molecule has 0 aliphatic heterocycles. The number of rotatable bonds is 2. The maximum Gasteiger partial charge on any atom is 0.182 e. The van der Waals surface area contributed by atoms with Gasteiger partial charge < -0.3 is 0 Å². The molecule has 0 radical (unpaired) electrons. The van der Waals surface area contributed by atoms with Gasteiger partial charge in [0.1, 0.15) is 5.82 Å². The highest BCUT2D eigenvalue weighted by Gasteiger charge is 2.20. The fourth-order valence-electron chi connectivity index (χ4n) is 2.28. The maximum atomic E-state index is 4.56. The van der Waals surface area contributed by atoms with Crippen molar-refractivity contribution in [2.24, 2.45) is 0 Å². The first kappa shape index (κ1) is 9.51. The van der Waals surface area contributed by atoms with Gasteiger partial charge in [0.15, 0.2) is 5.82 Å². The smallest absolute Gasteiger partial charge is 0.182 e. The second kappa shape index (κ2) is 4.04. The lowest BCUT2D eigenvalue weighted by Gasteiger charge is -2.01. The van der Waals surface area contributed by atoms with E-state index >= 15 is 0 Å². The summed E-state index contributed by atoms with van der Waals surface area (Å²) in [7, 11) is 0. The molecule has 1 aliphatic rings. The summed E-state index contributed by atoms with van der Waals surface area (Å²) in [4.78, 5) is 8.63. The van der Waals surface area contributed by atoms with E-state index in [-0.39, 0.29) is 0 Å². The van der Waals surface area contributed by atoms with Crippen molar-refractivity contribution < 1.29 is 0 Å². The summed E-state index contributed by atoms with van der Waals surface area (Å²) in [5.74, 6) is 2.38. The van der Waals surface area contributed by atoms with Crippen LogP contribution in [0.4, 0.5) is 0 Å². The Morgan fingerprint density at radius 2 is 2.12 bits per heavy atom. The summed E-state index contributed by atoms with van der Waals surface area (Å²) in [5.41, 5.74) is 0.975. The zero-order chi connectivity index (χ0) is 10.8. The van der Waals surface area contributed by atoms with Crippen molar-refractivity contribution in [1.82, 2.24) is 20.2 Å². The minimum atomic E-state index is 0.581. The Morgan fingerprint density at radius 3 is 2.88 bits per heavy atom. The standard InChI is InChI=1S/C12H14N4/c1-2-5-9(4-1)11-14-12(16-15-11)10-6-3-7-13-8-10/h3,6-9H,1-2,4-5H2,(H,14,15,16). The van der Waals surface area contributed by atoms with Crippen molar-refractivity contribution in [3.63, 3.8) is 0 Å². The predicted octanol–water partition coefficient (Wildman–Crippen LogP) is 2.52. The quantitative estimate of drug-likeness (QED) is 0.835. The molecule has 0 aromatic carbocycles. The van der Waals surface area contributed by atoms with Gasteiger partial charge in [-0.25, -0.2) is 4.98 Å². The zero-order valence-electron chi connectivity index (χ0n) is 9.06. The lowest BCUT2D eigenvalue weighted by atomic mass is 10.1. The number of aromatic nitrogens is 4. The van der Waals surface area contributed by atoms with E-state index in [1.54, 1.807) is 12.4 Å². The van der Waals surface area contributed by atoms with Crippen LogP contribution in [0.3, 0.4) is 0 Å². The van der Waals surface area contributed by atoms with Gasteiger partial charge >= 0.3 is 0 Å². The lowest BCUT2D eigenvalue weighted by Crippen LogP contribution is -1.94. The molecule has 0 amide bonds. The summed E-state index contributed by atoms with van der Waals surface area (Å²) >= 11 is 0. The van der Waals surface area contributed by atoms with Crippen LogP contribution in [0.1, 0.15) is 37.4 Å². The second-order valence-corrected chi connectivity index (χ2v) is 4.27. The van der Waals surface area contributed by atoms with Gasteiger partial charge in [-0.2, -0.15) is 5.10 Å². The summed E-state index contributed by atoms with van der Waals surface area (Å²) in [6.07, 6.45) is 8.65. The van der Waals surface area contributed by atoms with Crippen molar-refractivity contribution >= 4 is 0 Å². The van der Waals surface area contributed by atoms with Crippen molar-refractivity contribution in [1.29, 1.82) is 0 Å². The first-order chi connectivity index (χ1) is 7.93. The number of hydrogen-bond acceptors (Lipinski definition) is 3. The average Bonchev–Trinajstić information content (AvgIpc) is 3.01. The molecule has 2 heterocycles. The Morgan fingerprint density at radius 1 is 1.25 bits per heavy atom. The van der Waals surface area contributed by atoms with Crippen LogP contribution in [0.2, 0.25) is 0 Å². The lowest BCUT2D eigenvalue weighted by molar-refractivity contribution is 0.672. The minimum absolute atomic E-state index is 0.581. The summed E-state index contributed by atoms with van der Waals surface area (Å²) in [6.45, 7) is 0. The van der Waals surface area contributed by atoms with E-state index in [0.29, 0.717) is 5.92 Å². The molecule has 4 nitrogen and oxygen atoms in total. The van der Waals surface area contributed by atoms with Crippen LogP contribution in [-0.2, 0) is 0 Å². The number of aromatic amines is 1. The van der Waals surface area contributed by atoms with Gasteiger partial charge in [-0.1, -0.05) is 12.8 Å². The van der Waals surface area contributed by atoms with Gasteiger partial charge in [-0.05, 0) is 25.0 Å². The highest BCUT2D eigenvalue weighted by Crippen LogP contribution is 2.32. The van der Waals surface area contributed by atoms with Crippen LogP contribution in [0.15, 0.2) is 24.5 Å². The van der Waals surface area contributed by atoms with Crippen LogP contribution in [0.25, 0.3) is 11.4 Å². The molecule has 0 bridgehead atoms. The van der Waals surface area contributed by atoms with E-state index in [1.807, 2.05) is 12.1 Å². The molecule has 0 unspecified atom stereocenters. The van der Waals surface area contributed by atoms with Gasteiger partial charge in [-0.15, -0.1) is 0 Å². The minimum Gasteiger partial charge on any atom is -0.264 e. The molecule has 0 spiro atoms. The number of hydrogen-bond donors (Lipinski definition) is 1.